The Balaban J connectivity index is 1.10. The molecule has 8 heteroatoms. The number of ether oxygens (including phenoxy) is 3. The smallest absolute Gasteiger partial charge is 0.240 e. The van der Waals surface area contributed by atoms with Crippen LogP contribution in [0.25, 0.3) is 12.2 Å². The average molecular weight is 464 g/mol. The number of fused-ring (bicyclic) bond motifs is 1. The van der Waals surface area contributed by atoms with E-state index >= 15 is 0 Å². The second kappa shape index (κ2) is 10.3. The van der Waals surface area contributed by atoms with Gasteiger partial charge >= 0.3 is 0 Å². The molecule has 1 aromatic heterocycles. The van der Waals surface area contributed by atoms with E-state index in [1.54, 1.807) is 13.0 Å². The maximum absolute atomic E-state index is 10.6. The molecule has 8 nitrogen and oxygen atoms in total. The van der Waals surface area contributed by atoms with Gasteiger partial charge in [0.25, 0.3) is 0 Å². The van der Waals surface area contributed by atoms with Crippen LogP contribution in [0.5, 0.6) is 17.2 Å². The van der Waals surface area contributed by atoms with Crippen molar-refractivity contribution in [2.24, 2.45) is 0 Å². The highest BCUT2D eigenvalue weighted by atomic mass is 16.7. The molecule has 0 amide bonds. The minimum atomic E-state index is -0.572. The molecule has 1 fully saturated rings. The van der Waals surface area contributed by atoms with Gasteiger partial charge in [-0.2, -0.15) is 0 Å². The Morgan fingerprint density at radius 2 is 1.91 bits per heavy atom. The van der Waals surface area contributed by atoms with Crippen LogP contribution in [-0.2, 0) is 0 Å². The van der Waals surface area contributed by atoms with Crippen LogP contribution in [0.2, 0.25) is 0 Å². The highest BCUT2D eigenvalue weighted by Crippen LogP contribution is 2.37. The molecule has 178 valence electrons. The van der Waals surface area contributed by atoms with Crippen LogP contribution < -0.4 is 14.2 Å². The van der Waals surface area contributed by atoms with E-state index in [9.17, 15) is 5.11 Å². The van der Waals surface area contributed by atoms with Gasteiger partial charge in [0.15, 0.2) is 11.5 Å². The number of rotatable bonds is 8. The number of likely N-dealkylation sites (tertiary alicyclic amines) is 1. The zero-order valence-electron chi connectivity index (χ0n) is 19.2. The van der Waals surface area contributed by atoms with Gasteiger partial charge < -0.3 is 28.6 Å². The Kier molecular flexibility index (Phi) is 6.78. The summed E-state index contributed by atoms with van der Waals surface area (Å²) in [6.45, 7) is 4.76. The Hall–Kier alpha value is -3.36. The topological polar surface area (TPSA) is 90.1 Å². The number of hydrogen-bond donors (Lipinski definition) is 1. The quantitative estimate of drug-likeness (QED) is 0.538. The molecule has 3 heterocycles. The number of hydrogen-bond acceptors (Lipinski definition) is 8. The molecule has 2 aliphatic rings. The summed E-state index contributed by atoms with van der Waals surface area (Å²) in [4.78, 5) is 2.31. The zero-order valence-corrected chi connectivity index (χ0v) is 19.2. The number of aliphatic hydroxyl groups excluding tert-OH is 1. The van der Waals surface area contributed by atoms with Crippen LogP contribution in [-0.4, -0.2) is 59.3 Å². The van der Waals surface area contributed by atoms with Crippen LogP contribution >= 0.6 is 0 Å². The number of nitrogens with zero attached hydrogens (tertiary/aromatic N) is 3. The lowest BCUT2D eigenvalue weighted by atomic mass is 9.89. The van der Waals surface area contributed by atoms with E-state index in [1.165, 1.54) is 5.56 Å². The molecule has 0 saturated carbocycles. The van der Waals surface area contributed by atoms with Crippen molar-refractivity contribution in [1.82, 2.24) is 15.1 Å². The molecular formula is C26H29N3O5. The van der Waals surface area contributed by atoms with Gasteiger partial charge in [-0.3, -0.25) is 0 Å². The SMILES string of the molecule is Cc1nnc(/C=C/c2ccccc2OC[C@@H](O)CN2CCC(c3ccc4c(c3)OCO4)CC2)o1. The molecule has 0 aliphatic carbocycles. The number of aliphatic hydroxyl groups is 1. The summed E-state index contributed by atoms with van der Waals surface area (Å²) in [5.74, 6) is 3.83. The third-order valence-corrected chi connectivity index (χ3v) is 6.22. The Morgan fingerprint density at radius 1 is 1.09 bits per heavy atom. The summed E-state index contributed by atoms with van der Waals surface area (Å²) in [6.07, 6.45) is 5.16. The molecule has 0 spiro atoms. The Labute approximate surface area is 198 Å². The fraction of sp³-hybridized carbons (Fsp3) is 0.385. The highest BCUT2D eigenvalue weighted by Gasteiger charge is 2.24. The van der Waals surface area contributed by atoms with E-state index in [2.05, 4.69) is 27.2 Å². The van der Waals surface area contributed by atoms with Gasteiger partial charge in [-0.25, -0.2) is 0 Å². The molecule has 1 N–H and O–H groups in total. The average Bonchev–Trinajstić information content (AvgIpc) is 3.50. The molecule has 1 saturated heterocycles. The summed E-state index contributed by atoms with van der Waals surface area (Å²) in [6, 6.07) is 13.9. The molecule has 3 aromatic rings. The largest absolute Gasteiger partial charge is 0.490 e. The first kappa shape index (κ1) is 22.4. The van der Waals surface area contributed by atoms with E-state index in [4.69, 9.17) is 18.6 Å². The van der Waals surface area contributed by atoms with E-state index in [0.717, 1.165) is 43.0 Å². The molecule has 5 rings (SSSR count). The Morgan fingerprint density at radius 3 is 2.74 bits per heavy atom. The number of aromatic nitrogens is 2. The lowest BCUT2D eigenvalue weighted by molar-refractivity contribution is 0.0594. The summed E-state index contributed by atoms with van der Waals surface area (Å²) in [7, 11) is 0. The third kappa shape index (κ3) is 5.40. The molecule has 2 aliphatic heterocycles. The van der Waals surface area contributed by atoms with E-state index in [1.807, 2.05) is 36.4 Å². The first-order valence-corrected chi connectivity index (χ1v) is 11.6. The van der Waals surface area contributed by atoms with Gasteiger partial charge in [-0.1, -0.05) is 24.3 Å². The molecule has 34 heavy (non-hydrogen) atoms. The lowest BCUT2D eigenvalue weighted by Gasteiger charge is -2.33. The van der Waals surface area contributed by atoms with Crippen molar-refractivity contribution < 1.29 is 23.7 Å². The van der Waals surface area contributed by atoms with Gasteiger partial charge in [0.1, 0.15) is 18.5 Å². The van der Waals surface area contributed by atoms with Crippen LogP contribution in [0, 0.1) is 6.92 Å². The van der Waals surface area contributed by atoms with E-state index in [-0.39, 0.29) is 6.61 Å². The highest BCUT2D eigenvalue weighted by molar-refractivity contribution is 5.69. The monoisotopic (exact) mass is 463 g/mol. The third-order valence-electron chi connectivity index (χ3n) is 6.22. The second-order valence-corrected chi connectivity index (χ2v) is 8.68. The number of para-hydroxylation sites is 1. The molecule has 0 radical (unpaired) electrons. The van der Waals surface area contributed by atoms with Crippen molar-refractivity contribution in [3.8, 4) is 17.2 Å². The van der Waals surface area contributed by atoms with Gasteiger partial charge in [0, 0.05) is 25.1 Å². The van der Waals surface area contributed by atoms with Crippen molar-refractivity contribution in [3.63, 3.8) is 0 Å². The van der Waals surface area contributed by atoms with Crippen LogP contribution in [0.3, 0.4) is 0 Å². The fourth-order valence-electron chi connectivity index (χ4n) is 4.44. The number of benzene rings is 2. The van der Waals surface area contributed by atoms with Crippen molar-refractivity contribution in [2.45, 2.75) is 31.8 Å². The molecule has 1 atom stereocenters. The first-order chi connectivity index (χ1) is 16.6. The van der Waals surface area contributed by atoms with E-state index in [0.29, 0.717) is 36.8 Å². The van der Waals surface area contributed by atoms with E-state index < -0.39 is 6.10 Å². The number of β-amino-alcohol motifs (C(OH)–C–C–N with tert-alkyl or cyclic N) is 1. The lowest BCUT2D eigenvalue weighted by Crippen LogP contribution is -2.40. The van der Waals surface area contributed by atoms with Crippen LogP contribution in [0.15, 0.2) is 46.9 Å². The first-order valence-electron chi connectivity index (χ1n) is 11.6. The summed E-state index contributed by atoms with van der Waals surface area (Å²) >= 11 is 0. The molecule has 0 bridgehead atoms. The normalized spacial score (nSPS) is 17.4. The fourth-order valence-corrected chi connectivity index (χ4v) is 4.44. The number of piperidine rings is 1. The standard InChI is InChI=1S/C26H29N3O5/c1-18-27-28-26(34-18)9-7-20-4-2-3-5-23(20)31-16-22(30)15-29-12-10-19(11-13-29)21-6-8-24-25(14-21)33-17-32-24/h2-9,14,19,22,30H,10-13,15-17H2,1H3/b9-7+/t22-/m0/s1. The summed E-state index contributed by atoms with van der Waals surface area (Å²) in [5.41, 5.74) is 2.18. The van der Waals surface area contributed by atoms with Crippen LogP contribution in [0.1, 0.15) is 41.7 Å². The predicted octanol–water partition coefficient (Wildman–Crippen LogP) is 3.90. The molecular weight excluding hydrogens is 434 g/mol. The molecule has 2 aromatic carbocycles. The minimum absolute atomic E-state index is 0.229. The predicted molar refractivity (Wildman–Crippen MR) is 127 cm³/mol. The van der Waals surface area contributed by atoms with Gasteiger partial charge in [0.2, 0.25) is 18.6 Å². The second-order valence-electron chi connectivity index (χ2n) is 8.68. The maximum atomic E-state index is 10.6. The van der Waals surface area contributed by atoms with Gasteiger partial charge in [-0.15, -0.1) is 10.2 Å². The van der Waals surface area contributed by atoms with Crippen molar-refractivity contribution in [3.05, 3.63) is 65.4 Å². The summed E-state index contributed by atoms with van der Waals surface area (Å²) < 4.78 is 22.3. The van der Waals surface area contributed by atoms with Crippen molar-refractivity contribution in [2.75, 3.05) is 33.0 Å². The molecule has 0 unspecified atom stereocenters. The van der Waals surface area contributed by atoms with Crippen molar-refractivity contribution >= 4 is 12.2 Å². The van der Waals surface area contributed by atoms with Crippen molar-refractivity contribution in [1.29, 1.82) is 0 Å². The minimum Gasteiger partial charge on any atom is -0.490 e. The Bertz CT molecular complexity index is 1140. The summed E-state index contributed by atoms with van der Waals surface area (Å²) in [5, 5.41) is 18.4. The van der Waals surface area contributed by atoms with Crippen LogP contribution in [0.4, 0.5) is 0 Å². The van der Waals surface area contributed by atoms with Gasteiger partial charge in [0.05, 0.1) is 0 Å². The zero-order chi connectivity index (χ0) is 23.3. The van der Waals surface area contributed by atoms with Gasteiger partial charge in [-0.05, 0) is 61.7 Å². The number of aryl methyl sites for hydroxylation is 1. The maximum Gasteiger partial charge on any atom is 0.240 e.